The largest absolute Gasteiger partial charge is 0.507 e. The van der Waals surface area contributed by atoms with E-state index in [4.69, 9.17) is 30.5 Å². The molecule has 324 valence electrons. The van der Waals surface area contributed by atoms with Crippen molar-refractivity contribution in [2.24, 2.45) is 23.7 Å². The topological polar surface area (TPSA) is 213 Å². The van der Waals surface area contributed by atoms with Crippen LogP contribution in [0, 0.1) is 30.6 Å². The number of aliphatic hydroxyl groups excluding tert-OH is 2. The van der Waals surface area contributed by atoms with E-state index in [1.807, 2.05) is 6.07 Å². The van der Waals surface area contributed by atoms with Crippen LogP contribution in [0.5, 0.6) is 23.0 Å². The molecule has 7 N–H and O–H groups in total. The number of benzene rings is 3. The molecule has 5 bridgehead atoms. The molecule has 3 aromatic carbocycles. The molecule has 6 rings (SSSR count). The molecule has 3 aliphatic heterocycles. The number of fused-ring (bicyclic) bond motifs is 14. The van der Waals surface area contributed by atoms with Gasteiger partial charge in [-0.25, -0.2) is 0 Å². The Hall–Kier alpha value is -5.12. The van der Waals surface area contributed by atoms with Gasteiger partial charge in [0, 0.05) is 84.8 Å². The van der Waals surface area contributed by atoms with Crippen LogP contribution in [-0.2, 0) is 36.9 Å². The predicted octanol–water partition coefficient (Wildman–Crippen LogP) is 6.70. The summed E-state index contributed by atoms with van der Waals surface area (Å²) in [5.74, 6) is -8.32. The first-order valence-electron chi connectivity index (χ1n) is 19.8. The molecule has 0 radical (unpaired) electrons. The normalized spacial score (nSPS) is 29.6. The number of esters is 1. The predicted molar refractivity (Wildman–Crippen MR) is 226 cm³/mol. The van der Waals surface area contributed by atoms with Gasteiger partial charge in [-0.15, -0.1) is 0 Å². The molecule has 3 aliphatic rings. The van der Waals surface area contributed by atoms with Crippen LogP contribution in [0.15, 0.2) is 60.4 Å². The molecule has 15 heteroatoms. The number of carbonyl (C=O) groups is 3. The van der Waals surface area contributed by atoms with E-state index < -0.39 is 88.8 Å². The van der Waals surface area contributed by atoms with Crippen LogP contribution in [0.25, 0.3) is 10.8 Å². The Kier molecular flexibility index (Phi) is 14.3. The summed E-state index contributed by atoms with van der Waals surface area (Å²) in [7, 11) is 1.43. The molecule has 3 heterocycles. The van der Waals surface area contributed by atoms with E-state index in [1.165, 1.54) is 53.2 Å². The highest BCUT2D eigenvalue weighted by Gasteiger charge is 2.50. The number of halogens is 1. The van der Waals surface area contributed by atoms with Gasteiger partial charge in [0.25, 0.3) is 11.7 Å². The molecule has 0 unspecified atom stereocenters. The van der Waals surface area contributed by atoms with Gasteiger partial charge in [-0.3, -0.25) is 14.4 Å². The maximum Gasteiger partial charge on any atom is 0.312 e. The number of allylic oxidation sites excluding steroid dienone is 2. The highest BCUT2D eigenvalue weighted by molar-refractivity contribution is 6.31. The summed E-state index contributed by atoms with van der Waals surface area (Å²) in [4.78, 5) is 40.5. The number of amides is 1. The van der Waals surface area contributed by atoms with E-state index in [9.17, 15) is 39.9 Å². The molecule has 0 saturated heterocycles. The van der Waals surface area contributed by atoms with Crippen LogP contribution in [0.4, 0.5) is 5.69 Å². The van der Waals surface area contributed by atoms with Crippen molar-refractivity contribution in [1.29, 1.82) is 0 Å². The number of ketones is 1. The number of methoxy groups -OCH3 is 1. The van der Waals surface area contributed by atoms with Gasteiger partial charge in [0.2, 0.25) is 0 Å². The van der Waals surface area contributed by atoms with Gasteiger partial charge in [0.05, 0.1) is 41.2 Å². The monoisotopic (exact) mass is 850 g/mol. The summed E-state index contributed by atoms with van der Waals surface area (Å²) < 4.78 is 23.6. The van der Waals surface area contributed by atoms with Crippen LogP contribution in [-0.4, -0.2) is 80.5 Å². The third-order valence-corrected chi connectivity index (χ3v) is 12.0. The van der Waals surface area contributed by atoms with E-state index in [2.05, 4.69) is 10.6 Å². The molecule has 1 amide bonds. The van der Waals surface area contributed by atoms with Crippen molar-refractivity contribution in [3.8, 4) is 23.0 Å². The van der Waals surface area contributed by atoms with Crippen molar-refractivity contribution in [3.63, 3.8) is 0 Å². The fourth-order valence-electron chi connectivity index (χ4n) is 7.92. The molecule has 0 spiro atoms. The van der Waals surface area contributed by atoms with Gasteiger partial charge in [-0.05, 0) is 31.6 Å². The average Bonchev–Trinajstić information content (AvgIpc) is 3.47. The molecule has 3 aromatic rings. The number of ether oxygens (including phenoxy) is 4. The SMILES string of the molecule is CO[C@H]1/C=C/O[C@@]2(C)Oc3c(C)c(O)c4c(O)c(c(CNCc5ccccc5Cl)c(O)c4c3C2=O)NC(=O)/C(C)=C\C=C\[C@H](C)[C@H](O)[C@@H](C)[C@@H](O)[C@@H](C)[C@H](OC(C)=O)[C@@H]1C. The molecule has 0 aliphatic carbocycles. The lowest BCUT2D eigenvalue weighted by Gasteiger charge is -2.38. The van der Waals surface area contributed by atoms with Gasteiger partial charge >= 0.3 is 11.8 Å². The molecule has 14 nitrogen and oxygen atoms in total. The summed E-state index contributed by atoms with van der Waals surface area (Å²) in [5.41, 5.74) is 0.542. The zero-order chi connectivity index (χ0) is 44.4. The highest BCUT2D eigenvalue weighted by Crippen LogP contribution is 2.55. The number of rotatable bonds is 6. The summed E-state index contributed by atoms with van der Waals surface area (Å²) in [6.07, 6.45) is 3.53. The molecular weight excluding hydrogens is 796 g/mol. The van der Waals surface area contributed by atoms with Crippen LogP contribution in [0.1, 0.15) is 75.5 Å². The summed E-state index contributed by atoms with van der Waals surface area (Å²) in [6, 6.07) is 7.11. The zero-order valence-electron chi connectivity index (χ0n) is 35.2. The second kappa shape index (κ2) is 18.7. The molecule has 0 fully saturated rings. The van der Waals surface area contributed by atoms with E-state index in [1.54, 1.807) is 58.0 Å². The smallest absolute Gasteiger partial charge is 0.312 e. The van der Waals surface area contributed by atoms with Crippen LogP contribution >= 0.6 is 11.6 Å². The van der Waals surface area contributed by atoms with E-state index in [0.717, 1.165) is 5.56 Å². The van der Waals surface area contributed by atoms with Crippen LogP contribution in [0.2, 0.25) is 5.02 Å². The van der Waals surface area contributed by atoms with Gasteiger partial charge in [0.1, 0.15) is 23.4 Å². The molecular formula is C45H55ClN2O12. The van der Waals surface area contributed by atoms with Crippen molar-refractivity contribution in [2.75, 3.05) is 12.4 Å². The Labute approximate surface area is 354 Å². The van der Waals surface area contributed by atoms with Crippen molar-refractivity contribution in [1.82, 2.24) is 5.32 Å². The Balaban J connectivity index is 1.69. The summed E-state index contributed by atoms with van der Waals surface area (Å²) in [5, 5.41) is 64.3. The van der Waals surface area contributed by atoms with Crippen molar-refractivity contribution < 1.29 is 58.9 Å². The number of phenolic OH excluding ortho intramolecular Hbond substituents is 3. The molecule has 0 aromatic heterocycles. The quantitative estimate of drug-likeness (QED) is 0.0783. The average molecular weight is 851 g/mol. The Morgan fingerprint density at radius 1 is 0.933 bits per heavy atom. The van der Waals surface area contributed by atoms with Crippen molar-refractivity contribution in [2.45, 2.75) is 98.7 Å². The zero-order valence-corrected chi connectivity index (χ0v) is 36.0. The Morgan fingerprint density at radius 2 is 1.62 bits per heavy atom. The lowest BCUT2D eigenvalue weighted by Crippen LogP contribution is -2.46. The number of carbonyl (C=O) groups excluding carboxylic acids is 3. The Bertz CT molecular complexity index is 2240. The number of Topliss-reactive ketones (excluding diaryl/α,β-unsaturated/α-hetero) is 1. The minimum absolute atomic E-state index is 0.0105. The minimum atomic E-state index is -2.05. The first-order chi connectivity index (χ1) is 28.2. The number of anilines is 1. The third kappa shape index (κ3) is 8.98. The summed E-state index contributed by atoms with van der Waals surface area (Å²) >= 11 is 6.39. The van der Waals surface area contributed by atoms with Gasteiger partial charge in [-0.2, -0.15) is 0 Å². The second-order valence-electron chi connectivity index (χ2n) is 15.9. The van der Waals surface area contributed by atoms with Crippen LogP contribution < -0.4 is 15.4 Å². The third-order valence-electron chi connectivity index (χ3n) is 11.7. The fourth-order valence-corrected chi connectivity index (χ4v) is 8.13. The number of nitrogens with one attached hydrogen (secondary N) is 2. The van der Waals surface area contributed by atoms with E-state index in [0.29, 0.717) is 5.02 Å². The fraction of sp³-hybridized carbons (Fsp3) is 0.444. The first-order valence-corrected chi connectivity index (χ1v) is 20.1. The van der Waals surface area contributed by atoms with Crippen LogP contribution in [0.3, 0.4) is 0 Å². The maximum atomic E-state index is 14.4. The lowest BCUT2D eigenvalue weighted by molar-refractivity contribution is -0.160. The highest BCUT2D eigenvalue weighted by atomic mass is 35.5. The first kappa shape index (κ1) is 46.0. The number of hydrogen-bond acceptors (Lipinski definition) is 13. The van der Waals surface area contributed by atoms with Crippen molar-refractivity contribution >= 4 is 45.7 Å². The van der Waals surface area contributed by atoms with E-state index >= 15 is 0 Å². The minimum Gasteiger partial charge on any atom is -0.507 e. The second-order valence-corrected chi connectivity index (χ2v) is 16.3. The van der Waals surface area contributed by atoms with E-state index in [-0.39, 0.29) is 57.6 Å². The van der Waals surface area contributed by atoms with Gasteiger partial charge < -0.3 is 55.1 Å². The molecule has 0 saturated carbocycles. The van der Waals surface area contributed by atoms with Crippen molar-refractivity contribution in [3.05, 3.63) is 87.7 Å². The molecule has 9 atom stereocenters. The number of hydrogen-bond donors (Lipinski definition) is 7. The number of aromatic hydroxyl groups is 3. The Morgan fingerprint density at radius 3 is 2.27 bits per heavy atom. The number of phenols is 3. The lowest BCUT2D eigenvalue weighted by atomic mass is 9.78. The maximum absolute atomic E-state index is 14.4. The number of aliphatic hydroxyl groups is 2. The standard InChI is InChI=1S/C45H55ClN2O12/c1-21-13-12-14-22(2)44(56)48-35-29(20-47-19-28-15-10-11-16-30(28)46)39(53)32-33(40(35)54)38(52)26(6)42-34(32)43(55)45(8,60-42)58-18-17-31(57-9)23(3)41(59-27(7)49)25(5)37(51)24(4)36(21)50/h10-18,21,23-25,31,36-37,41,47,50-54H,19-20H2,1-9H3,(H,48,56)/b13-12+,18-17+,22-14-/t21-,23+,24+,25+,31-,36-,37+,41+,45-/m0/s1. The molecule has 60 heavy (non-hydrogen) atoms. The van der Waals surface area contributed by atoms with Gasteiger partial charge in [0.15, 0.2) is 5.75 Å². The summed E-state index contributed by atoms with van der Waals surface area (Å²) in [6.45, 7) is 12.6. The van der Waals surface area contributed by atoms with Gasteiger partial charge in [-0.1, -0.05) is 75.7 Å².